The number of carbonyl (C=O) groups is 2. The van der Waals surface area contributed by atoms with Crippen molar-refractivity contribution in [3.05, 3.63) is 35.9 Å². The van der Waals surface area contributed by atoms with Crippen LogP contribution >= 0.6 is 0 Å². The molecule has 4 nitrogen and oxygen atoms in total. The van der Waals surface area contributed by atoms with Crippen LogP contribution in [0.15, 0.2) is 30.3 Å². The maximum absolute atomic E-state index is 11.9. The highest BCUT2D eigenvalue weighted by molar-refractivity contribution is 5.87. The summed E-state index contributed by atoms with van der Waals surface area (Å²) >= 11 is 0. The zero-order valence-electron chi connectivity index (χ0n) is 11.2. The van der Waals surface area contributed by atoms with Crippen molar-refractivity contribution in [2.24, 2.45) is 0 Å². The van der Waals surface area contributed by atoms with Crippen molar-refractivity contribution in [1.29, 1.82) is 0 Å². The minimum Gasteiger partial charge on any atom is -0.445 e. The van der Waals surface area contributed by atoms with Crippen LogP contribution in [0.2, 0.25) is 0 Å². The molecule has 19 heavy (non-hydrogen) atoms. The highest BCUT2D eigenvalue weighted by Crippen LogP contribution is 2.19. The number of nitrogens with zero attached hydrogens (tertiary/aromatic N) is 1. The van der Waals surface area contributed by atoms with E-state index in [4.69, 9.17) is 4.74 Å². The van der Waals surface area contributed by atoms with Crippen LogP contribution in [-0.4, -0.2) is 29.9 Å². The maximum atomic E-state index is 11.9. The Hall–Kier alpha value is -1.84. The largest absolute Gasteiger partial charge is 0.445 e. The summed E-state index contributed by atoms with van der Waals surface area (Å²) < 4.78 is 5.23. The molecule has 0 radical (unpaired) electrons. The second kappa shape index (κ2) is 6.36. The Balaban J connectivity index is 1.87. The second-order valence-corrected chi connectivity index (χ2v) is 4.88. The van der Waals surface area contributed by atoms with Crippen LogP contribution in [0.4, 0.5) is 4.79 Å². The zero-order valence-corrected chi connectivity index (χ0v) is 11.2. The predicted molar refractivity (Wildman–Crippen MR) is 71.7 cm³/mol. The van der Waals surface area contributed by atoms with Crippen molar-refractivity contribution in [2.45, 2.75) is 38.3 Å². The molecule has 1 aromatic carbocycles. The second-order valence-electron chi connectivity index (χ2n) is 4.88. The van der Waals surface area contributed by atoms with Gasteiger partial charge < -0.3 is 9.64 Å². The number of hydrogen-bond donors (Lipinski definition) is 0. The van der Waals surface area contributed by atoms with Gasteiger partial charge in [0.2, 0.25) is 0 Å². The van der Waals surface area contributed by atoms with Gasteiger partial charge in [-0.05, 0) is 18.4 Å². The summed E-state index contributed by atoms with van der Waals surface area (Å²) in [4.78, 5) is 25.1. The monoisotopic (exact) mass is 261 g/mol. The van der Waals surface area contributed by atoms with E-state index in [-0.39, 0.29) is 18.4 Å². The molecule has 1 amide bonds. The van der Waals surface area contributed by atoms with E-state index >= 15 is 0 Å². The normalized spacial score (nSPS) is 19.0. The van der Waals surface area contributed by atoms with Crippen molar-refractivity contribution >= 4 is 11.9 Å². The molecule has 0 heterocycles. The van der Waals surface area contributed by atoms with Crippen molar-refractivity contribution in [3.63, 3.8) is 0 Å². The number of rotatable bonds is 3. The standard InChI is InChI=1S/C15H19NO3/c1-16(13-9-5-6-10-14(13)17)15(18)19-11-12-7-3-2-4-8-12/h2-4,7-8,13H,5-6,9-11H2,1H3/t13-/m0/s1. The van der Waals surface area contributed by atoms with Gasteiger partial charge in [-0.2, -0.15) is 0 Å². The third-order valence-corrected chi connectivity index (χ3v) is 3.48. The lowest BCUT2D eigenvalue weighted by atomic mass is 9.93. The fourth-order valence-corrected chi connectivity index (χ4v) is 2.32. The first-order valence-electron chi connectivity index (χ1n) is 6.64. The number of hydrogen-bond acceptors (Lipinski definition) is 3. The van der Waals surface area contributed by atoms with E-state index in [1.807, 2.05) is 30.3 Å². The summed E-state index contributed by atoms with van der Waals surface area (Å²) in [5, 5.41) is 0. The van der Waals surface area contributed by atoms with E-state index < -0.39 is 6.09 Å². The summed E-state index contributed by atoms with van der Waals surface area (Å²) in [7, 11) is 1.64. The molecule has 1 atom stereocenters. The van der Waals surface area contributed by atoms with Gasteiger partial charge in [0, 0.05) is 13.5 Å². The van der Waals surface area contributed by atoms with Crippen LogP contribution in [-0.2, 0) is 16.1 Å². The molecule has 102 valence electrons. The summed E-state index contributed by atoms with van der Waals surface area (Å²) in [5.74, 6) is 0.144. The molecular formula is C15H19NO3. The highest BCUT2D eigenvalue weighted by atomic mass is 16.6. The zero-order chi connectivity index (χ0) is 13.7. The van der Waals surface area contributed by atoms with Crippen molar-refractivity contribution in [3.8, 4) is 0 Å². The number of likely N-dealkylation sites (N-methyl/N-ethyl adjacent to an activating group) is 1. The molecular weight excluding hydrogens is 242 g/mol. The number of amides is 1. The molecule has 1 saturated carbocycles. The van der Waals surface area contributed by atoms with E-state index in [9.17, 15) is 9.59 Å². The minimum absolute atomic E-state index is 0.144. The SMILES string of the molecule is CN(C(=O)OCc1ccccc1)[C@H]1CCCCC1=O. The van der Waals surface area contributed by atoms with Crippen molar-refractivity contribution < 1.29 is 14.3 Å². The molecule has 4 heteroatoms. The molecule has 0 spiro atoms. The molecule has 0 aliphatic heterocycles. The van der Waals surface area contributed by atoms with E-state index in [2.05, 4.69) is 0 Å². The fourth-order valence-electron chi connectivity index (χ4n) is 2.32. The van der Waals surface area contributed by atoms with Gasteiger partial charge in [-0.3, -0.25) is 4.79 Å². The number of ketones is 1. The van der Waals surface area contributed by atoms with Crippen molar-refractivity contribution in [2.75, 3.05) is 7.05 Å². The number of carbonyl (C=O) groups excluding carboxylic acids is 2. The Bertz CT molecular complexity index is 444. The first kappa shape index (κ1) is 13.6. The van der Waals surface area contributed by atoms with Crippen LogP contribution in [0.25, 0.3) is 0 Å². The van der Waals surface area contributed by atoms with Gasteiger partial charge in [-0.15, -0.1) is 0 Å². The van der Waals surface area contributed by atoms with E-state index in [1.54, 1.807) is 7.05 Å². The Morgan fingerprint density at radius 3 is 2.74 bits per heavy atom. The molecule has 1 aromatic rings. The first-order chi connectivity index (χ1) is 9.18. The lowest BCUT2D eigenvalue weighted by molar-refractivity contribution is -0.125. The Labute approximate surface area is 113 Å². The average molecular weight is 261 g/mol. The van der Waals surface area contributed by atoms with Gasteiger partial charge in [0.25, 0.3) is 0 Å². The average Bonchev–Trinajstić information content (AvgIpc) is 2.45. The topological polar surface area (TPSA) is 46.6 Å². The highest BCUT2D eigenvalue weighted by Gasteiger charge is 2.29. The lowest BCUT2D eigenvalue weighted by Crippen LogP contribution is -2.44. The fraction of sp³-hybridized carbons (Fsp3) is 0.467. The minimum atomic E-state index is -0.427. The van der Waals surface area contributed by atoms with Gasteiger partial charge in [-0.25, -0.2) is 4.79 Å². The van der Waals surface area contributed by atoms with E-state index in [0.29, 0.717) is 6.42 Å². The summed E-state index contributed by atoms with van der Waals surface area (Å²) in [5.41, 5.74) is 0.944. The molecule has 0 bridgehead atoms. The van der Waals surface area contributed by atoms with E-state index in [1.165, 1.54) is 4.90 Å². The predicted octanol–water partition coefficient (Wildman–Crippen LogP) is 2.77. The first-order valence-corrected chi connectivity index (χ1v) is 6.64. The Morgan fingerprint density at radius 1 is 1.32 bits per heavy atom. The summed E-state index contributed by atoms with van der Waals surface area (Å²) in [6, 6.07) is 9.21. The van der Waals surface area contributed by atoms with Gasteiger partial charge in [0.1, 0.15) is 6.61 Å². The van der Waals surface area contributed by atoms with Crippen LogP contribution in [0, 0.1) is 0 Å². The molecule has 1 aliphatic rings. The molecule has 0 unspecified atom stereocenters. The molecule has 0 aromatic heterocycles. The number of benzene rings is 1. The lowest BCUT2D eigenvalue weighted by Gasteiger charge is -2.29. The quantitative estimate of drug-likeness (QED) is 0.840. The van der Waals surface area contributed by atoms with Crippen molar-refractivity contribution in [1.82, 2.24) is 4.90 Å². The number of ether oxygens (including phenoxy) is 1. The van der Waals surface area contributed by atoms with Crippen LogP contribution in [0.5, 0.6) is 0 Å². The third kappa shape index (κ3) is 3.56. The smallest absolute Gasteiger partial charge is 0.410 e. The maximum Gasteiger partial charge on any atom is 0.410 e. The molecule has 1 aliphatic carbocycles. The van der Waals surface area contributed by atoms with Gasteiger partial charge in [0.05, 0.1) is 6.04 Å². The van der Waals surface area contributed by atoms with Crippen LogP contribution < -0.4 is 0 Å². The molecule has 1 fully saturated rings. The van der Waals surface area contributed by atoms with Gasteiger partial charge in [-0.1, -0.05) is 36.8 Å². The van der Waals surface area contributed by atoms with Crippen LogP contribution in [0.3, 0.4) is 0 Å². The Morgan fingerprint density at radius 2 is 2.05 bits per heavy atom. The molecule has 0 N–H and O–H groups in total. The summed E-state index contributed by atoms with van der Waals surface area (Å²) in [6.07, 6.45) is 2.82. The van der Waals surface area contributed by atoms with Crippen LogP contribution in [0.1, 0.15) is 31.2 Å². The third-order valence-electron chi connectivity index (χ3n) is 3.48. The Kier molecular flexibility index (Phi) is 4.55. The summed E-state index contributed by atoms with van der Waals surface area (Å²) in [6.45, 7) is 0.241. The number of Topliss-reactive ketones (excluding diaryl/α,β-unsaturated/α-hetero) is 1. The molecule has 0 saturated heterocycles. The van der Waals surface area contributed by atoms with E-state index in [0.717, 1.165) is 24.8 Å². The van der Waals surface area contributed by atoms with Gasteiger partial charge in [0.15, 0.2) is 5.78 Å². The van der Waals surface area contributed by atoms with Gasteiger partial charge >= 0.3 is 6.09 Å². The molecule has 2 rings (SSSR count).